The number of anilines is 1. The SMILES string of the molecule is Cc1nnnn1-c1cccc(NC(=O)c2ccnnc2)c1. The quantitative estimate of drug-likeness (QED) is 0.769. The van der Waals surface area contributed by atoms with Crippen molar-refractivity contribution in [2.24, 2.45) is 0 Å². The predicted octanol–water partition coefficient (Wildman–Crippen LogP) is 1.01. The van der Waals surface area contributed by atoms with Gasteiger partial charge in [0, 0.05) is 5.69 Å². The zero-order chi connectivity index (χ0) is 14.7. The molecule has 1 N–H and O–H groups in total. The molecule has 1 amide bonds. The Labute approximate surface area is 119 Å². The maximum Gasteiger partial charge on any atom is 0.257 e. The average Bonchev–Trinajstić information content (AvgIpc) is 2.94. The van der Waals surface area contributed by atoms with Gasteiger partial charge >= 0.3 is 0 Å². The molecule has 0 spiro atoms. The lowest BCUT2D eigenvalue weighted by Gasteiger charge is -2.07. The molecule has 3 aromatic rings. The molecule has 8 heteroatoms. The molecule has 1 aromatic carbocycles. The van der Waals surface area contributed by atoms with Gasteiger partial charge in [0.15, 0.2) is 5.82 Å². The number of rotatable bonds is 3. The lowest BCUT2D eigenvalue weighted by molar-refractivity contribution is 0.102. The molecule has 0 aliphatic heterocycles. The smallest absolute Gasteiger partial charge is 0.257 e. The highest BCUT2D eigenvalue weighted by atomic mass is 16.1. The van der Waals surface area contributed by atoms with Crippen LogP contribution in [0.5, 0.6) is 0 Å². The van der Waals surface area contributed by atoms with E-state index in [0.29, 0.717) is 17.1 Å². The molecule has 2 aromatic heterocycles. The second-order valence-electron chi connectivity index (χ2n) is 4.27. The third-order valence-corrected chi connectivity index (χ3v) is 2.82. The van der Waals surface area contributed by atoms with Gasteiger partial charge in [-0.05, 0) is 41.6 Å². The van der Waals surface area contributed by atoms with Crippen LogP contribution in [0.1, 0.15) is 16.2 Å². The number of carbonyl (C=O) groups excluding carboxylic acids is 1. The van der Waals surface area contributed by atoms with Crippen LogP contribution >= 0.6 is 0 Å². The maximum absolute atomic E-state index is 12.1. The highest BCUT2D eigenvalue weighted by Crippen LogP contribution is 2.15. The first-order valence-corrected chi connectivity index (χ1v) is 6.17. The lowest BCUT2D eigenvalue weighted by atomic mass is 10.2. The number of nitrogens with zero attached hydrogens (tertiary/aromatic N) is 6. The first-order valence-electron chi connectivity index (χ1n) is 6.17. The Bertz CT molecular complexity index is 769. The molecule has 104 valence electrons. The van der Waals surface area contributed by atoms with Crippen LogP contribution in [0.4, 0.5) is 5.69 Å². The van der Waals surface area contributed by atoms with E-state index in [4.69, 9.17) is 0 Å². The summed E-state index contributed by atoms with van der Waals surface area (Å²) in [5.41, 5.74) is 1.85. The Balaban J connectivity index is 1.84. The van der Waals surface area contributed by atoms with Crippen molar-refractivity contribution >= 4 is 11.6 Å². The summed E-state index contributed by atoms with van der Waals surface area (Å²) in [5.74, 6) is 0.410. The van der Waals surface area contributed by atoms with Gasteiger partial charge < -0.3 is 5.32 Å². The minimum atomic E-state index is -0.254. The van der Waals surface area contributed by atoms with Gasteiger partial charge in [-0.15, -0.1) is 5.10 Å². The molecule has 0 unspecified atom stereocenters. The summed E-state index contributed by atoms with van der Waals surface area (Å²) < 4.78 is 1.59. The summed E-state index contributed by atoms with van der Waals surface area (Å²) in [6.07, 6.45) is 2.88. The van der Waals surface area contributed by atoms with Gasteiger partial charge in [0.25, 0.3) is 5.91 Å². The van der Waals surface area contributed by atoms with E-state index < -0.39 is 0 Å². The molecule has 3 rings (SSSR count). The summed E-state index contributed by atoms with van der Waals surface area (Å²) in [5, 5.41) is 21.4. The Hall–Kier alpha value is -3.16. The summed E-state index contributed by atoms with van der Waals surface area (Å²) in [4.78, 5) is 12.1. The lowest BCUT2D eigenvalue weighted by Crippen LogP contribution is -2.12. The molecule has 0 saturated carbocycles. The van der Waals surface area contributed by atoms with Crippen LogP contribution < -0.4 is 5.32 Å². The Morgan fingerprint density at radius 3 is 2.86 bits per heavy atom. The van der Waals surface area contributed by atoms with Gasteiger partial charge in [0.1, 0.15) is 0 Å². The molecule has 0 fully saturated rings. The van der Waals surface area contributed by atoms with Crippen molar-refractivity contribution in [2.45, 2.75) is 6.92 Å². The number of nitrogens with one attached hydrogen (secondary N) is 1. The Morgan fingerprint density at radius 1 is 1.24 bits per heavy atom. The fraction of sp³-hybridized carbons (Fsp3) is 0.0769. The molecule has 0 bridgehead atoms. The van der Waals surface area contributed by atoms with E-state index in [1.165, 1.54) is 12.4 Å². The van der Waals surface area contributed by atoms with Crippen molar-refractivity contribution in [3.8, 4) is 5.69 Å². The molecule has 0 saturated heterocycles. The highest BCUT2D eigenvalue weighted by molar-refractivity contribution is 6.04. The van der Waals surface area contributed by atoms with Crippen LogP contribution in [-0.2, 0) is 0 Å². The van der Waals surface area contributed by atoms with Crippen molar-refractivity contribution < 1.29 is 4.79 Å². The molecule has 8 nitrogen and oxygen atoms in total. The second-order valence-corrected chi connectivity index (χ2v) is 4.27. The molecule has 0 radical (unpaired) electrons. The first-order chi connectivity index (χ1) is 10.2. The normalized spacial score (nSPS) is 10.3. The number of hydrogen-bond donors (Lipinski definition) is 1. The number of hydrogen-bond acceptors (Lipinski definition) is 6. The number of tetrazole rings is 1. The van der Waals surface area contributed by atoms with E-state index in [0.717, 1.165) is 5.69 Å². The monoisotopic (exact) mass is 281 g/mol. The van der Waals surface area contributed by atoms with Crippen LogP contribution in [0.15, 0.2) is 42.7 Å². The number of amides is 1. The van der Waals surface area contributed by atoms with Crippen LogP contribution in [0.25, 0.3) is 5.69 Å². The van der Waals surface area contributed by atoms with E-state index in [-0.39, 0.29) is 5.91 Å². The van der Waals surface area contributed by atoms with Gasteiger partial charge in [0.05, 0.1) is 23.6 Å². The van der Waals surface area contributed by atoms with Gasteiger partial charge in [-0.3, -0.25) is 4.79 Å². The van der Waals surface area contributed by atoms with Crippen LogP contribution in [0, 0.1) is 6.92 Å². The molecule has 0 aliphatic rings. The summed E-state index contributed by atoms with van der Waals surface area (Å²) in [7, 11) is 0. The van der Waals surface area contributed by atoms with Crippen molar-refractivity contribution in [2.75, 3.05) is 5.32 Å². The number of aryl methyl sites for hydroxylation is 1. The van der Waals surface area contributed by atoms with E-state index >= 15 is 0 Å². The fourth-order valence-corrected chi connectivity index (χ4v) is 1.81. The van der Waals surface area contributed by atoms with Crippen molar-refractivity contribution in [3.63, 3.8) is 0 Å². The second kappa shape index (κ2) is 5.45. The molecular weight excluding hydrogens is 270 g/mol. The Kier molecular flexibility index (Phi) is 3.34. The summed E-state index contributed by atoms with van der Waals surface area (Å²) in [6.45, 7) is 1.80. The largest absolute Gasteiger partial charge is 0.322 e. The molecular formula is C13H11N7O. The fourth-order valence-electron chi connectivity index (χ4n) is 1.81. The van der Waals surface area contributed by atoms with E-state index in [9.17, 15) is 4.79 Å². The minimum Gasteiger partial charge on any atom is -0.322 e. The zero-order valence-corrected chi connectivity index (χ0v) is 11.1. The summed E-state index contributed by atoms with van der Waals surface area (Å²) in [6, 6.07) is 8.84. The first kappa shape index (κ1) is 12.9. The standard InChI is InChI=1S/C13H11N7O/c1-9-17-18-19-20(9)12-4-2-3-11(7-12)16-13(21)10-5-6-14-15-8-10/h2-8H,1H3,(H,16,21). The van der Waals surface area contributed by atoms with E-state index in [1.807, 2.05) is 12.1 Å². The number of benzene rings is 1. The predicted molar refractivity (Wildman–Crippen MR) is 73.9 cm³/mol. The van der Waals surface area contributed by atoms with Crippen molar-refractivity contribution in [3.05, 3.63) is 54.1 Å². The summed E-state index contributed by atoms with van der Waals surface area (Å²) >= 11 is 0. The number of carbonyl (C=O) groups is 1. The Morgan fingerprint density at radius 2 is 2.14 bits per heavy atom. The van der Waals surface area contributed by atoms with Gasteiger partial charge in [0.2, 0.25) is 0 Å². The molecule has 0 atom stereocenters. The molecule has 2 heterocycles. The topological polar surface area (TPSA) is 98.5 Å². The highest BCUT2D eigenvalue weighted by Gasteiger charge is 2.08. The molecule has 0 aliphatic carbocycles. The van der Waals surface area contributed by atoms with Gasteiger partial charge in [-0.25, -0.2) is 0 Å². The maximum atomic E-state index is 12.1. The minimum absolute atomic E-state index is 0.254. The van der Waals surface area contributed by atoms with Crippen molar-refractivity contribution in [1.29, 1.82) is 0 Å². The molecule has 21 heavy (non-hydrogen) atoms. The zero-order valence-electron chi connectivity index (χ0n) is 11.1. The van der Waals surface area contributed by atoms with E-state index in [1.54, 1.807) is 29.8 Å². The average molecular weight is 281 g/mol. The van der Waals surface area contributed by atoms with Crippen LogP contribution in [0.2, 0.25) is 0 Å². The van der Waals surface area contributed by atoms with Crippen molar-refractivity contribution in [1.82, 2.24) is 30.4 Å². The third kappa shape index (κ3) is 2.73. The van der Waals surface area contributed by atoms with Gasteiger partial charge in [-0.2, -0.15) is 14.9 Å². The van der Waals surface area contributed by atoms with Gasteiger partial charge in [-0.1, -0.05) is 6.07 Å². The van der Waals surface area contributed by atoms with Crippen LogP contribution in [-0.4, -0.2) is 36.3 Å². The number of aromatic nitrogens is 6. The van der Waals surface area contributed by atoms with E-state index in [2.05, 4.69) is 31.0 Å². The third-order valence-electron chi connectivity index (χ3n) is 2.82. The van der Waals surface area contributed by atoms with Crippen LogP contribution in [0.3, 0.4) is 0 Å².